The van der Waals surface area contributed by atoms with Gasteiger partial charge >= 0.3 is 5.97 Å². The van der Waals surface area contributed by atoms with Gasteiger partial charge in [-0.3, -0.25) is 9.69 Å². The number of aryl methyl sites for hydroxylation is 1. The first-order chi connectivity index (χ1) is 9.61. The van der Waals surface area contributed by atoms with Crippen molar-refractivity contribution in [2.75, 3.05) is 11.5 Å². The molecule has 3 rings (SSSR count). The number of thiazole rings is 1. The van der Waals surface area contributed by atoms with Gasteiger partial charge in [-0.2, -0.15) is 0 Å². The second-order valence-corrected chi connectivity index (χ2v) is 6.32. The van der Waals surface area contributed by atoms with Gasteiger partial charge in [-0.1, -0.05) is 11.3 Å². The number of carbonyl (C=O) groups is 2. The van der Waals surface area contributed by atoms with E-state index in [1.54, 1.807) is 13.8 Å². The zero-order valence-corrected chi connectivity index (χ0v) is 12.5. The molecule has 1 aromatic rings. The summed E-state index contributed by atoms with van der Waals surface area (Å²) in [6.07, 6.45) is 4.03. The third-order valence-corrected chi connectivity index (χ3v) is 4.67. The van der Waals surface area contributed by atoms with E-state index in [0.717, 1.165) is 25.7 Å². The lowest BCUT2D eigenvalue weighted by Gasteiger charge is -2.18. The second kappa shape index (κ2) is 5.16. The van der Waals surface area contributed by atoms with E-state index in [1.165, 1.54) is 11.3 Å². The first-order valence-electron chi connectivity index (χ1n) is 7.09. The molecule has 6 heteroatoms. The van der Waals surface area contributed by atoms with Gasteiger partial charge < -0.3 is 4.74 Å². The van der Waals surface area contributed by atoms with Crippen LogP contribution in [0, 0.1) is 12.8 Å². The Hall–Kier alpha value is -1.43. The van der Waals surface area contributed by atoms with E-state index < -0.39 is 0 Å². The standard InChI is InChI=1S/C14H18N2O3S/c1-3-19-13(18)11-8(2)15-14(20-11)16(10-6-7-10)12(17)9-4-5-9/h9-10H,3-7H2,1-2H3. The van der Waals surface area contributed by atoms with Crippen LogP contribution < -0.4 is 4.90 Å². The molecule has 1 amide bonds. The summed E-state index contributed by atoms with van der Waals surface area (Å²) in [7, 11) is 0. The molecule has 1 aromatic heterocycles. The van der Waals surface area contributed by atoms with Crippen LogP contribution in [-0.4, -0.2) is 29.5 Å². The van der Waals surface area contributed by atoms with E-state index in [0.29, 0.717) is 22.3 Å². The van der Waals surface area contributed by atoms with Crippen LogP contribution in [0.3, 0.4) is 0 Å². The van der Waals surface area contributed by atoms with E-state index in [2.05, 4.69) is 4.98 Å². The maximum atomic E-state index is 12.4. The van der Waals surface area contributed by atoms with Crippen LogP contribution >= 0.6 is 11.3 Å². The summed E-state index contributed by atoms with van der Waals surface area (Å²) in [5.74, 6) is 0.00544. The summed E-state index contributed by atoms with van der Waals surface area (Å²) in [5, 5.41) is 0.657. The highest BCUT2D eigenvalue weighted by atomic mass is 32.1. The van der Waals surface area contributed by atoms with Crippen molar-refractivity contribution in [1.29, 1.82) is 0 Å². The van der Waals surface area contributed by atoms with Crippen molar-refractivity contribution in [3.05, 3.63) is 10.6 Å². The van der Waals surface area contributed by atoms with Gasteiger partial charge in [0.25, 0.3) is 0 Å². The molecule has 0 aliphatic heterocycles. The monoisotopic (exact) mass is 294 g/mol. The summed E-state index contributed by atoms with van der Waals surface area (Å²) in [4.78, 5) is 31.0. The summed E-state index contributed by atoms with van der Waals surface area (Å²) >= 11 is 1.28. The maximum Gasteiger partial charge on any atom is 0.350 e. The molecule has 1 heterocycles. The SMILES string of the molecule is CCOC(=O)c1sc(N(C(=O)C2CC2)C2CC2)nc1C. The summed E-state index contributed by atoms with van der Waals surface area (Å²) in [6.45, 7) is 3.92. The minimum Gasteiger partial charge on any atom is -0.462 e. The number of carbonyl (C=O) groups excluding carboxylic acids is 2. The van der Waals surface area contributed by atoms with Crippen LogP contribution in [-0.2, 0) is 9.53 Å². The number of ether oxygens (including phenoxy) is 1. The number of hydrogen-bond acceptors (Lipinski definition) is 5. The number of rotatable bonds is 5. The van der Waals surface area contributed by atoms with Crippen LogP contribution in [0.15, 0.2) is 0 Å². The Morgan fingerprint density at radius 1 is 1.35 bits per heavy atom. The Kier molecular flexibility index (Phi) is 3.50. The normalized spacial score (nSPS) is 17.9. The van der Waals surface area contributed by atoms with E-state index in [4.69, 9.17) is 4.74 Å². The van der Waals surface area contributed by atoms with Crippen molar-refractivity contribution in [3.8, 4) is 0 Å². The molecule has 108 valence electrons. The summed E-state index contributed by atoms with van der Waals surface area (Å²) in [6, 6.07) is 0.281. The molecule has 20 heavy (non-hydrogen) atoms. The summed E-state index contributed by atoms with van der Waals surface area (Å²) < 4.78 is 5.03. The van der Waals surface area contributed by atoms with Gasteiger partial charge in [0.15, 0.2) is 5.13 Å². The molecule has 2 aliphatic rings. The molecular formula is C14H18N2O3S. The molecule has 0 saturated heterocycles. The highest BCUT2D eigenvalue weighted by Gasteiger charge is 2.42. The first-order valence-corrected chi connectivity index (χ1v) is 7.91. The fraction of sp³-hybridized carbons (Fsp3) is 0.643. The van der Waals surface area contributed by atoms with Gasteiger partial charge in [0.1, 0.15) is 4.88 Å². The van der Waals surface area contributed by atoms with Gasteiger partial charge in [0.05, 0.1) is 12.3 Å². The molecule has 0 atom stereocenters. The zero-order valence-electron chi connectivity index (χ0n) is 11.7. The molecular weight excluding hydrogens is 276 g/mol. The molecule has 0 aromatic carbocycles. The van der Waals surface area contributed by atoms with Gasteiger partial charge in [0, 0.05) is 12.0 Å². The Bertz CT molecular complexity index is 547. The Labute approximate surface area is 121 Å². The van der Waals surface area contributed by atoms with Gasteiger partial charge in [-0.15, -0.1) is 0 Å². The predicted molar refractivity (Wildman–Crippen MR) is 76.0 cm³/mol. The topological polar surface area (TPSA) is 59.5 Å². The third-order valence-electron chi connectivity index (χ3n) is 3.53. The zero-order chi connectivity index (χ0) is 14.3. The van der Waals surface area contributed by atoms with Crippen molar-refractivity contribution in [1.82, 2.24) is 4.98 Å². The van der Waals surface area contributed by atoms with Crippen LogP contribution in [0.2, 0.25) is 0 Å². The quantitative estimate of drug-likeness (QED) is 0.783. The lowest BCUT2D eigenvalue weighted by Crippen LogP contribution is -2.34. The predicted octanol–water partition coefficient (Wildman–Crippen LogP) is 2.53. The number of amides is 1. The third kappa shape index (κ3) is 2.57. The highest BCUT2D eigenvalue weighted by Crippen LogP contribution is 2.40. The first kappa shape index (κ1) is 13.5. The van der Waals surface area contributed by atoms with Crippen LogP contribution in [0.1, 0.15) is 48.0 Å². The number of anilines is 1. The number of hydrogen-bond donors (Lipinski definition) is 0. The van der Waals surface area contributed by atoms with E-state index >= 15 is 0 Å². The smallest absolute Gasteiger partial charge is 0.350 e. The maximum absolute atomic E-state index is 12.4. The largest absolute Gasteiger partial charge is 0.462 e. The average Bonchev–Trinajstić information content (AvgIpc) is 3.28. The molecule has 5 nitrogen and oxygen atoms in total. The molecule has 0 bridgehead atoms. The highest BCUT2D eigenvalue weighted by molar-refractivity contribution is 7.17. The van der Waals surface area contributed by atoms with Crippen molar-refractivity contribution in [2.24, 2.45) is 5.92 Å². The molecule has 2 fully saturated rings. The second-order valence-electron chi connectivity index (χ2n) is 5.35. The van der Waals surface area contributed by atoms with Crippen LogP contribution in [0.25, 0.3) is 0 Å². The van der Waals surface area contributed by atoms with E-state index in [-0.39, 0.29) is 23.8 Å². The van der Waals surface area contributed by atoms with Gasteiger partial charge in [0.2, 0.25) is 5.91 Å². The van der Waals surface area contributed by atoms with Gasteiger partial charge in [-0.05, 0) is 39.5 Å². The van der Waals surface area contributed by atoms with E-state index in [1.807, 2.05) is 4.90 Å². The minimum atomic E-state index is -0.344. The van der Waals surface area contributed by atoms with E-state index in [9.17, 15) is 9.59 Å². The Morgan fingerprint density at radius 3 is 2.60 bits per heavy atom. The van der Waals surface area contributed by atoms with Crippen molar-refractivity contribution >= 4 is 28.3 Å². The molecule has 2 aliphatic carbocycles. The molecule has 0 N–H and O–H groups in total. The van der Waals surface area contributed by atoms with Crippen molar-refractivity contribution in [3.63, 3.8) is 0 Å². The number of aromatic nitrogens is 1. The van der Waals surface area contributed by atoms with Gasteiger partial charge in [-0.25, -0.2) is 9.78 Å². The fourth-order valence-corrected chi connectivity index (χ4v) is 3.20. The average molecular weight is 294 g/mol. The summed E-state index contributed by atoms with van der Waals surface area (Å²) in [5.41, 5.74) is 0.651. The number of nitrogens with zero attached hydrogens (tertiary/aromatic N) is 2. The van der Waals surface area contributed by atoms with Crippen LogP contribution in [0.4, 0.5) is 5.13 Å². The van der Waals surface area contributed by atoms with Crippen molar-refractivity contribution < 1.29 is 14.3 Å². The fourth-order valence-electron chi connectivity index (χ4n) is 2.16. The molecule has 0 unspecified atom stereocenters. The molecule has 0 radical (unpaired) electrons. The minimum absolute atomic E-state index is 0.172. The Morgan fingerprint density at radius 2 is 2.05 bits per heavy atom. The lowest BCUT2D eigenvalue weighted by molar-refractivity contribution is -0.119. The van der Waals surface area contributed by atoms with Crippen LogP contribution in [0.5, 0.6) is 0 Å². The lowest BCUT2D eigenvalue weighted by atomic mass is 10.3. The van der Waals surface area contributed by atoms with Crippen molar-refractivity contribution in [2.45, 2.75) is 45.6 Å². The number of esters is 1. The Balaban J connectivity index is 1.86. The molecule has 2 saturated carbocycles. The molecule has 0 spiro atoms.